The fourth-order valence-corrected chi connectivity index (χ4v) is 22.2. The Labute approximate surface area is 763 Å². The maximum Gasteiger partial charge on any atom is 0.0713 e. The molecule has 5 unspecified atom stereocenters. The van der Waals surface area contributed by atoms with Gasteiger partial charge in [-0.2, -0.15) is 0 Å². The average molecular weight is 1660 g/mol. The van der Waals surface area contributed by atoms with Crippen LogP contribution in [0.15, 0.2) is 455 Å². The van der Waals surface area contributed by atoms with Gasteiger partial charge in [-0.15, -0.1) is 0 Å². The lowest BCUT2D eigenvalue weighted by atomic mass is 9.67. The summed E-state index contributed by atoms with van der Waals surface area (Å²) in [5, 5.41) is 0. The Balaban J connectivity index is 0.0000000982. The van der Waals surface area contributed by atoms with Crippen molar-refractivity contribution in [1.82, 2.24) is 0 Å². The zero-order chi connectivity index (χ0) is 87.6. The molecule has 0 amide bonds. The van der Waals surface area contributed by atoms with E-state index in [0.717, 1.165) is 0 Å². The second kappa shape index (κ2) is 35.9. The van der Waals surface area contributed by atoms with E-state index in [1.165, 1.54) is 223 Å². The molecule has 0 saturated heterocycles. The molecule has 0 fully saturated rings. The Bertz CT molecular complexity index is 7240. The van der Waals surface area contributed by atoms with Crippen molar-refractivity contribution in [2.45, 2.75) is 96.8 Å². The first-order valence-electron chi connectivity index (χ1n) is 46.1. The molecule has 5 atom stereocenters. The first kappa shape index (κ1) is 82.5. The van der Waals surface area contributed by atoms with E-state index in [1.807, 2.05) is 0 Å². The molecule has 0 aliphatic heterocycles. The Morgan fingerprint density at radius 1 is 0.202 bits per heavy atom. The van der Waals surface area contributed by atoms with Crippen LogP contribution < -0.4 is 0 Å². The number of fused-ring (bicyclic) bond motifs is 18. The molecule has 6 aliphatic carbocycles. The predicted octanol–water partition coefficient (Wildman–Crippen LogP) is 33.8. The molecule has 129 heavy (non-hydrogen) atoms. The average Bonchev–Trinajstić information content (AvgIpc) is 1.54. The summed E-state index contributed by atoms with van der Waals surface area (Å²) in [5.41, 5.74) is 53.9. The zero-order valence-corrected chi connectivity index (χ0v) is 74.9. The third-order valence-corrected chi connectivity index (χ3v) is 28.0. The normalized spacial score (nSPS) is 15.3. The van der Waals surface area contributed by atoms with Crippen LogP contribution in [0.2, 0.25) is 0 Å². The van der Waals surface area contributed by atoms with E-state index in [4.69, 9.17) is 0 Å². The first-order valence-corrected chi connectivity index (χ1v) is 46.1. The molecule has 0 bridgehead atoms. The van der Waals surface area contributed by atoms with Gasteiger partial charge in [0.1, 0.15) is 0 Å². The van der Waals surface area contributed by atoms with Crippen LogP contribution in [0.3, 0.4) is 0 Å². The van der Waals surface area contributed by atoms with Crippen LogP contribution in [0.4, 0.5) is 0 Å². The van der Waals surface area contributed by atoms with Crippen LogP contribution in [0, 0.1) is 41.5 Å². The largest absolute Gasteiger partial charge is 0.0713 e. The third-order valence-electron chi connectivity index (χ3n) is 28.0. The van der Waals surface area contributed by atoms with E-state index in [1.54, 1.807) is 0 Å². The molecule has 0 saturated carbocycles. The Morgan fingerprint density at radius 2 is 0.527 bits per heavy atom. The van der Waals surface area contributed by atoms with Gasteiger partial charge in [-0.1, -0.05) is 480 Å². The number of rotatable bonds is 8. The molecule has 19 aromatic rings. The van der Waals surface area contributed by atoms with Gasteiger partial charge in [-0.05, 0) is 254 Å². The van der Waals surface area contributed by atoms with Gasteiger partial charge in [0, 0.05) is 29.6 Å². The summed E-state index contributed by atoms with van der Waals surface area (Å²) >= 11 is 0. The van der Waals surface area contributed by atoms with Crippen molar-refractivity contribution < 1.29 is 0 Å². The molecule has 0 N–H and O–H groups in total. The molecule has 0 spiro atoms. The highest BCUT2D eigenvalue weighted by Crippen LogP contribution is 2.58. The Hall–Kier alpha value is -14.8. The first-order chi connectivity index (χ1) is 63.4. The molecule has 0 heterocycles. The van der Waals surface area contributed by atoms with Gasteiger partial charge in [0.2, 0.25) is 0 Å². The molecular weight excluding hydrogens is 1550 g/mol. The van der Waals surface area contributed by atoms with Crippen molar-refractivity contribution >= 4 is 0 Å². The van der Waals surface area contributed by atoms with Gasteiger partial charge in [0.15, 0.2) is 0 Å². The summed E-state index contributed by atoms with van der Waals surface area (Å²) in [5.74, 6) is 2.18. The van der Waals surface area contributed by atoms with Crippen LogP contribution in [0.25, 0.3) is 89.0 Å². The molecule has 0 heteroatoms. The van der Waals surface area contributed by atoms with Gasteiger partial charge in [0.05, 0.1) is 5.41 Å². The van der Waals surface area contributed by atoms with Crippen molar-refractivity contribution in [1.29, 1.82) is 0 Å². The molecule has 19 aromatic carbocycles. The molecule has 0 radical (unpaired) electrons. The van der Waals surface area contributed by atoms with E-state index < -0.39 is 0 Å². The third kappa shape index (κ3) is 15.2. The van der Waals surface area contributed by atoms with Gasteiger partial charge >= 0.3 is 0 Å². The van der Waals surface area contributed by atoms with Gasteiger partial charge in [-0.25, -0.2) is 0 Å². The van der Waals surface area contributed by atoms with Crippen LogP contribution in [-0.4, -0.2) is 0 Å². The minimum absolute atomic E-state index is 0.263. The topological polar surface area (TPSA) is 0 Å². The summed E-state index contributed by atoms with van der Waals surface area (Å²) < 4.78 is 0. The minimum Gasteiger partial charge on any atom is -0.0645 e. The van der Waals surface area contributed by atoms with Crippen LogP contribution in [-0.2, 0) is 5.41 Å². The van der Waals surface area contributed by atoms with E-state index in [0.29, 0.717) is 29.6 Å². The summed E-state index contributed by atoms with van der Waals surface area (Å²) in [6.45, 7) is 17.8. The molecule has 25 rings (SSSR count). The molecule has 0 nitrogen and oxygen atoms in total. The van der Waals surface area contributed by atoms with E-state index in [9.17, 15) is 0 Å². The van der Waals surface area contributed by atoms with Gasteiger partial charge in [-0.3, -0.25) is 0 Å². The minimum atomic E-state index is -0.263. The van der Waals surface area contributed by atoms with Crippen molar-refractivity contribution in [2.75, 3.05) is 0 Å². The molecule has 622 valence electrons. The SMILES string of the molecule is CCC1c2ccccc2-c2c(C)cccc21.Cc1ccc2c(c1)-c1ccccc1C2c1ccc(-c2ccccc2)cc1.Cc1ccc2c(c1)C(c1ccc(-c3ccccc3)cc1)c1ccccc1-2.Cc1cccc2c1-c1ccccc1C2(c1ccccc1)c1ccccc1.Cc1cccc2c1-c1ccccc1C2C.Cc1cccc2c1-c1ccccc1C2c1ccccc1. The van der Waals surface area contributed by atoms with Crippen molar-refractivity contribution in [2.24, 2.45) is 0 Å². The highest BCUT2D eigenvalue weighted by molar-refractivity contribution is 5.90. The summed E-state index contributed by atoms with van der Waals surface area (Å²) in [7, 11) is 0. The van der Waals surface area contributed by atoms with Crippen molar-refractivity contribution in [3.63, 3.8) is 0 Å². The number of aryl methyl sites for hydroxylation is 6. The maximum absolute atomic E-state index is 2.35. The lowest BCUT2D eigenvalue weighted by Gasteiger charge is -2.33. The summed E-state index contributed by atoms with van der Waals surface area (Å²) in [6, 6.07) is 165. The highest BCUT2D eigenvalue weighted by Gasteiger charge is 2.46. The lowest BCUT2D eigenvalue weighted by molar-refractivity contribution is 0.768. The van der Waals surface area contributed by atoms with E-state index in [-0.39, 0.29) is 5.41 Å². The maximum atomic E-state index is 2.35. The Morgan fingerprint density at radius 3 is 1.07 bits per heavy atom. The smallest absolute Gasteiger partial charge is 0.0645 e. The van der Waals surface area contributed by atoms with Gasteiger partial charge < -0.3 is 0 Å². The fourth-order valence-electron chi connectivity index (χ4n) is 22.2. The number of hydrogen-bond acceptors (Lipinski definition) is 0. The van der Waals surface area contributed by atoms with Gasteiger partial charge in [0.25, 0.3) is 0 Å². The zero-order valence-electron chi connectivity index (χ0n) is 74.9. The molecule has 0 aromatic heterocycles. The molecular formula is C129H106. The number of hydrogen-bond donors (Lipinski definition) is 0. The second-order valence-electron chi connectivity index (χ2n) is 35.6. The number of benzene rings is 19. The predicted molar refractivity (Wildman–Crippen MR) is 544 cm³/mol. The fraction of sp³-hybridized carbons (Fsp3) is 0.116. The quantitative estimate of drug-likeness (QED) is 0.142. The van der Waals surface area contributed by atoms with Crippen LogP contribution >= 0.6 is 0 Å². The van der Waals surface area contributed by atoms with Crippen LogP contribution in [0.5, 0.6) is 0 Å². The lowest BCUT2D eigenvalue weighted by Crippen LogP contribution is -2.28. The molecule has 6 aliphatic rings. The second-order valence-corrected chi connectivity index (χ2v) is 35.6. The monoisotopic (exact) mass is 1650 g/mol. The van der Waals surface area contributed by atoms with Crippen LogP contribution in [0.1, 0.15) is 178 Å². The summed E-state index contributed by atoms with van der Waals surface area (Å²) in [6.07, 6.45) is 1.19. The van der Waals surface area contributed by atoms with Crippen molar-refractivity contribution in [3.8, 4) is 89.0 Å². The Kier molecular flexibility index (Phi) is 22.9. The summed E-state index contributed by atoms with van der Waals surface area (Å²) in [4.78, 5) is 0. The van der Waals surface area contributed by atoms with Crippen molar-refractivity contribution in [3.05, 3.63) is 583 Å². The van der Waals surface area contributed by atoms with E-state index >= 15 is 0 Å². The standard InChI is InChI=1S/3C26H20.C20H16.C16H16.C15H14/c1-19-11-10-18-24-25(19)22-16-8-9-17-23(22)26(24,20-12-4-2-5-13-20)21-14-6-3-7-15-21;1-18-11-16-23-22-9-5-6-10-24(22)26(25(23)17-18)21-14-12-20(13-15-21)19-7-3-2-4-8-19;1-18-11-16-24-25(17-18)22-9-5-6-10-23(22)26(24)21-14-12-20(13-15-21)19-7-3-2-4-8-19;1-14-8-7-13-18-19(14)16-11-5-6-12-17(16)20(18)15-9-3-2-4-10-15;1-3-12-13-8-4-5-9-15(13)16-11(2)7-6-10-14(12)16;1-10-6-5-9-13-11(2)12-7-3-4-8-14(12)15(10)13/h2-18H,1H3;2*2-17,26H,1H3;2-13,20H,1H3;4-10,12H,3H2,1-2H3;3-9,11H,1-2H3. The highest BCUT2D eigenvalue weighted by atomic mass is 14.5. The van der Waals surface area contributed by atoms with E-state index in [2.05, 4.69) is 510 Å².